The number of ether oxygens (including phenoxy) is 2. The monoisotopic (exact) mass is 523 g/mol. The lowest BCUT2D eigenvalue weighted by Gasteiger charge is -2.23. The standard InChI is InChI=1S/C22H26ClN3O4.C7H8/c1-13-10-15(12-16(11-13)26-8-9-29-21(26)28)14(2)24-17-6-7-18(23)25-19(17)20(27)30-22(3,4)5;1-7-5-3-2-4-6-7/h6-7,10-12,14,24H,8-9H2,1-5H3;2-6H,1H3. The van der Waals surface area contributed by atoms with Crippen molar-refractivity contribution in [2.45, 2.75) is 53.2 Å². The molecule has 1 atom stereocenters. The van der Waals surface area contributed by atoms with Gasteiger partial charge in [-0.15, -0.1) is 0 Å². The first-order valence-corrected chi connectivity index (χ1v) is 12.5. The SMILES string of the molecule is Cc1cc(C(C)Nc2ccc(Cl)nc2C(=O)OC(C)(C)C)cc(N2CCOC2=O)c1.Cc1ccccc1. The summed E-state index contributed by atoms with van der Waals surface area (Å²) in [5, 5.41) is 3.53. The summed E-state index contributed by atoms with van der Waals surface area (Å²) in [6, 6.07) is 19.3. The summed E-state index contributed by atoms with van der Waals surface area (Å²) in [7, 11) is 0. The van der Waals surface area contributed by atoms with Gasteiger partial charge in [0.2, 0.25) is 0 Å². The van der Waals surface area contributed by atoms with Crippen molar-refractivity contribution >= 4 is 35.0 Å². The van der Waals surface area contributed by atoms with Crippen LogP contribution in [0.25, 0.3) is 0 Å². The molecule has 7 nitrogen and oxygen atoms in total. The van der Waals surface area contributed by atoms with Gasteiger partial charge in [-0.05, 0) is 76.9 Å². The Morgan fingerprint density at radius 3 is 2.35 bits per heavy atom. The predicted molar refractivity (Wildman–Crippen MR) is 148 cm³/mol. The highest BCUT2D eigenvalue weighted by Crippen LogP contribution is 2.29. The molecule has 0 bridgehead atoms. The quantitative estimate of drug-likeness (QED) is 0.283. The Labute approximate surface area is 223 Å². The molecule has 0 radical (unpaired) electrons. The average molecular weight is 524 g/mol. The smallest absolute Gasteiger partial charge is 0.414 e. The van der Waals surface area contributed by atoms with Crippen molar-refractivity contribution in [3.63, 3.8) is 0 Å². The van der Waals surface area contributed by atoms with E-state index in [1.807, 2.05) is 50.2 Å². The van der Waals surface area contributed by atoms with Crippen LogP contribution in [0.15, 0.2) is 60.7 Å². The Balaban J connectivity index is 0.000000468. The van der Waals surface area contributed by atoms with Crippen LogP contribution in [0.3, 0.4) is 0 Å². The van der Waals surface area contributed by atoms with Crippen molar-refractivity contribution in [3.8, 4) is 0 Å². The van der Waals surface area contributed by atoms with E-state index in [2.05, 4.69) is 29.4 Å². The summed E-state index contributed by atoms with van der Waals surface area (Å²) >= 11 is 6.02. The fourth-order valence-electron chi connectivity index (χ4n) is 3.71. The van der Waals surface area contributed by atoms with Crippen LogP contribution in [0.2, 0.25) is 5.15 Å². The van der Waals surface area contributed by atoms with E-state index in [4.69, 9.17) is 21.1 Å². The summed E-state index contributed by atoms with van der Waals surface area (Å²) in [6.07, 6.45) is -0.346. The second kappa shape index (κ2) is 12.1. The Morgan fingerprint density at radius 1 is 1.08 bits per heavy atom. The number of aryl methyl sites for hydroxylation is 2. The highest BCUT2D eigenvalue weighted by Gasteiger charge is 2.26. The molecule has 4 rings (SSSR count). The van der Waals surface area contributed by atoms with Crippen LogP contribution >= 0.6 is 11.6 Å². The number of amides is 1. The lowest BCUT2D eigenvalue weighted by molar-refractivity contribution is 0.00639. The minimum atomic E-state index is -0.653. The molecule has 1 aliphatic rings. The largest absolute Gasteiger partial charge is 0.455 e. The molecule has 0 spiro atoms. The molecule has 0 aliphatic carbocycles. The van der Waals surface area contributed by atoms with Gasteiger partial charge < -0.3 is 14.8 Å². The number of rotatable bonds is 5. The average Bonchev–Trinajstić information content (AvgIpc) is 3.25. The van der Waals surface area contributed by atoms with Crippen LogP contribution in [0.4, 0.5) is 16.2 Å². The van der Waals surface area contributed by atoms with Crippen molar-refractivity contribution in [1.29, 1.82) is 0 Å². The van der Waals surface area contributed by atoms with Crippen molar-refractivity contribution in [3.05, 3.63) is 88.2 Å². The van der Waals surface area contributed by atoms with E-state index in [1.54, 1.807) is 37.8 Å². The zero-order valence-corrected chi connectivity index (χ0v) is 22.9. The predicted octanol–water partition coefficient (Wildman–Crippen LogP) is 7.12. The normalized spacial score (nSPS) is 13.8. The minimum absolute atomic E-state index is 0.125. The number of anilines is 2. The van der Waals surface area contributed by atoms with Crippen LogP contribution < -0.4 is 10.2 Å². The van der Waals surface area contributed by atoms with E-state index in [1.165, 1.54) is 5.56 Å². The van der Waals surface area contributed by atoms with Crippen molar-refractivity contribution < 1.29 is 19.1 Å². The minimum Gasteiger partial charge on any atom is -0.455 e. The van der Waals surface area contributed by atoms with Gasteiger partial charge in [0.05, 0.1) is 12.2 Å². The first-order chi connectivity index (χ1) is 17.4. The summed E-state index contributed by atoms with van der Waals surface area (Å²) < 4.78 is 10.5. The van der Waals surface area contributed by atoms with Crippen LogP contribution in [0, 0.1) is 13.8 Å². The van der Waals surface area contributed by atoms with E-state index in [9.17, 15) is 9.59 Å². The lowest BCUT2D eigenvalue weighted by atomic mass is 10.0. The highest BCUT2D eigenvalue weighted by molar-refractivity contribution is 6.29. The lowest BCUT2D eigenvalue weighted by Crippen LogP contribution is -2.25. The number of carbonyl (C=O) groups excluding carboxylic acids is 2. The van der Waals surface area contributed by atoms with Gasteiger partial charge in [0.25, 0.3) is 0 Å². The Morgan fingerprint density at radius 2 is 1.78 bits per heavy atom. The number of benzene rings is 2. The zero-order chi connectivity index (χ0) is 27.2. The topological polar surface area (TPSA) is 80.8 Å². The maximum absolute atomic E-state index is 12.6. The van der Waals surface area contributed by atoms with Crippen molar-refractivity contribution in [2.24, 2.45) is 0 Å². The Bertz CT molecular complexity index is 1240. The molecule has 2 aromatic carbocycles. The number of pyridine rings is 1. The van der Waals surface area contributed by atoms with Crippen molar-refractivity contribution in [1.82, 2.24) is 4.98 Å². The molecule has 0 saturated carbocycles. The first kappa shape index (κ1) is 28.0. The highest BCUT2D eigenvalue weighted by atomic mass is 35.5. The summed E-state index contributed by atoms with van der Waals surface area (Å²) in [4.78, 5) is 30.3. The molecule has 3 aromatic rings. The molecule has 1 aliphatic heterocycles. The van der Waals surface area contributed by atoms with Crippen LogP contribution in [0.1, 0.15) is 60.9 Å². The number of esters is 1. The van der Waals surface area contributed by atoms with E-state index in [-0.39, 0.29) is 23.0 Å². The number of cyclic esters (lactones) is 1. The fourth-order valence-corrected chi connectivity index (χ4v) is 3.86. The zero-order valence-electron chi connectivity index (χ0n) is 22.2. The number of hydrogen-bond donors (Lipinski definition) is 1. The third-order valence-electron chi connectivity index (χ3n) is 5.42. The molecule has 1 N–H and O–H groups in total. The molecule has 1 fully saturated rings. The van der Waals surface area contributed by atoms with Gasteiger partial charge >= 0.3 is 12.1 Å². The van der Waals surface area contributed by atoms with Gasteiger partial charge in [0, 0.05) is 11.7 Å². The molecule has 196 valence electrons. The van der Waals surface area contributed by atoms with E-state index in [0.29, 0.717) is 18.8 Å². The first-order valence-electron chi connectivity index (χ1n) is 12.2. The maximum Gasteiger partial charge on any atom is 0.414 e. The van der Waals surface area contributed by atoms with E-state index in [0.717, 1.165) is 16.8 Å². The number of aromatic nitrogens is 1. The summed E-state index contributed by atoms with van der Waals surface area (Å²) in [6.45, 7) is 12.3. The molecule has 1 aromatic heterocycles. The van der Waals surface area contributed by atoms with Crippen LogP contribution in [-0.2, 0) is 9.47 Å². The molecule has 2 heterocycles. The van der Waals surface area contributed by atoms with Gasteiger partial charge in [-0.1, -0.05) is 53.6 Å². The summed E-state index contributed by atoms with van der Waals surface area (Å²) in [5.41, 5.74) is 4.06. The van der Waals surface area contributed by atoms with E-state index < -0.39 is 11.6 Å². The second-order valence-corrected chi connectivity index (χ2v) is 10.3. The van der Waals surface area contributed by atoms with Crippen LogP contribution in [-0.4, -0.2) is 35.8 Å². The Hall–Kier alpha value is -3.58. The summed E-state index contributed by atoms with van der Waals surface area (Å²) in [5.74, 6) is -0.551. The molecular weight excluding hydrogens is 490 g/mol. The number of carbonyl (C=O) groups is 2. The molecule has 37 heavy (non-hydrogen) atoms. The van der Waals surface area contributed by atoms with Gasteiger partial charge in [-0.25, -0.2) is 14.6 Å². The Kier molecular flexibility index (Phi) is 9.16. The molecular formula is C29H34ClN3O4. The van der Waals surface area contributed by atoms with Gasteiger partial charge in [0.15, 0.2) is 5.69 Å². The van der Waals surface area contributed by atoms with Gasteiger partial charge in [-0.3, -0.25) is 4.90 Å². The second-order valence-electron chi connectivity index (χ2n) is 9.92. The number of nitrogens with zero attached hydrogens (tertiary/aromatic N) is 2. The van der Waals surface area contributed by atoms with Gasteiger partial charge in [0.1, 0.15) is 17.4 Å². The third-order valence-corrected chi connectivity index (χ3v) is 5.63. The number of nitrogens with one attached hydrogen (secondary N) is 1. The number of hydrogen-bond acceptors (Lipinski definition) is 6. The van der Waals surface area contributed by atoms with E-state index >= 15 is 0 Å². The molecule has 1 amide bonds. The molecule has 1 unspecified atom stereocenters. The molecule has 8 heteroatoms. The van der Waals surface area contributed by atoms with Crippen molar-refractivity contribution in [2.75, 3.05) is 23.4 Å². The maximum atomic E-state index is 12.6. The van der Waals surface area contributed by atoms with Gasteiger partial charge in [-0.2, -0.15) is 0 Å². The third kappa shape index (κ3) is 8.22. The molecule has 1 saturated heterocycles. The van der Waals surface area contributed by atoms with Crippen LogP contribution in [0.5, 0.6) is 0 Å². The number of halogens is 1. The fraction of sp³-hybridized carbons (Fsp3) is 0.345.